The van der Waals surface area contributed by atoms with E-state index < -0.39 is 15.8 Å². The highest BCUT2D eigenvalue weighted by Gasteiger charge is 2.24. The zero-order valence-corrected chi connectivity index (χ0v) is 17.5. The Balaban J connectivity index is 1.62. The van der Waals surface area contributed by atoms with Gasteiger partial charge in [0.2, 0.25) is 10.0 Å². The molecule has 7 nitrogen and oxygen atoms in total. The Kier molecular flexibility index (Phi) is 5.59. The molecule has 4 rings (SSSR count). The lowest BCUT2D eigenvalue weighted by Gasteiger charge is -2.18. The molecule has 0 atom stereocenters. The van der Waals surface area contributed by atoms with E-state index >= 15 is 0 Å². The van der Waals surface area contributed by atoms with E-state index in [4.69, 9.17) is 9.47 Å². The summed E-state index contributed by atoms with van der Waals surface area (Å²) >= 11 is 0. The van der Waals surface area contributed by atoms with Gasteiger partial charge in [-0.1, -0.05) is 12.1 Å². The van der Waals surface area contributed by atoms with Gasteiger partial charge in [-0.05, 0) is 35.9 Å². The SMILES string of the molecule is COc1ccc(CN(C)S(=O)(=O)c2ccc(F)c(-c3cn4c(n3)COCC4)c2)cc1. The molecule has 0 unspecified atom stereocenters. The standard InChI is InChI=1S/C21H22FN3O4S/c1-24(12-15-3-5-16(28-2)6-4-15)30(26,27)17-7-8-19(22)18(11-17)20-13-25-9-10-29-14-21(25)23-20/h3-8,11,13H,9-10,12,14H2,1-2H3. The van der Waals surface area contributed by atoms with Crippen molar-refractivity contribution in [1.29, 1.82) is 0 Å². The summed E-state index contributed by atoms with van der Waals surface area (Å²) in [5.41, 5.74) is 1.35. The minimum Gasteiger partial charge on any atom is -0.497 e. The average molecular weight is 431 g/mol. The van der Waals surface area contributed by atoms with Gasteiger partial charge in [0.25, 0.3) is 0 Å². The predicted octanol–water partition coefficient (Wildman–Crippen LogP) is 3.05. The van der Waals surface area contributed by atoms with Crippen LogP contribution >= 0.6 is 0 Å². The first-order chi connectivity index (χ1) is 14.4. The topological polar surface area (TPSA) is 73.7 Å². The quantitative estimate of drug-likeness (QED) is 0.600. The molecule has 0 saturated carbocycles. The summed E-state index contributed by atoms with van der Waals surface area (Å²) in [5, 5.41) is 0. The van der Waals surface area contributed by atoms with Crippen molar-refractivity contribution in [2.24, 2.45) is 0 Å². The highest BCUT2D eigenvalue weighted by Crippen LogP contribution is 2.28. The van der Waals surface area contributed by atoms with Gasteiger partial charge in [-0.15, -0.1) is 0 Å². The van der Waals surface area contributed by atoms with E-state index in [1.807, 2.05) is 4.57 Å². The van der Waals surface area contributed by atoms with Gasteiger partial charge in [0.05, 0.1) is 24.3 Å². The van der Waals surface area contributed by atoms with Gasteiger partial charge in [0, 0.05) is 31.9 Å². The fraction of sp³-hybridized carbons (Fsp3) is 0.286. The summed E-state index contributed by atoms with van der Waals surface area (Å²) in [4.78, 5) is 4.42. The molecule has 1 aliphatic heterocycles. The molecular weight excluding hydrogens is 409 g/mol. The van der Waals surface area contributed by atoms with Crippen molar-refractivity contribution in [2.75, 3.05) is 20.8 Å². The maximum atomic E-state index is 14.5. The van der Waals surface area contributed by atoms with Crippen LogP contribution in [-0.2, 0) is 34.5 Å². The summed E-state index contributed by atoms with van der Waals surface area (Å²) in [6, 6.07) is 10.9. The molecule has 0 N–H and O–H groups in total. The largest absolute Gasteiger partial charge is 0.497 e. The molecule has 0 saturated heterocycles. The molecule has 1 aromatic heterocycles. The number of imidazole rings is 1. The molecule has 0 fully saturated rings. The molecule has 0 radical (unpaired) electrons. The van der Waals surface area contributed by atoms with Gasteiger partial charge in [0.1, 0.15) is 24.0 Å². The number of methoxy groups -OCH3 is 1. The van der Waals surface area contributed by atoms with Crippen molar-refractivity contribution >= 4 is 10.0 Å². The zero-order valence-electron chi connectivity index (χ0n) is 16.7. The van der Waals surface area contributed by atoms with Gasteiger partial charge >= 0.3 is 0 Å². The molecule has 2 aromatic carbocycles. The maximum Gasteiger partial charge on any atom is 0.243 e. The van der Waals surface area contributed by atoms with E-state index in [-0.39, 0.29) is 17.0 Å². The maximum absolute atomic E-state index is 14.5. The lowest BCUT2D eigenvalue weighted by molar-refractivity contribution is 0.0816. The Bertz CT molecular complexity index is 1140. The van der Waals surface area contributed by atoms with E-state index in [1.54, 1.807) is 37.6 Å². The lowest BCUT2D eigenvalue weighted by Crippen LogP contribution is -2.26. The summed E-state index contributed by atoms with van der Waals surface area (Å²) < 4.78 is 54.3. The minimum atomic E-state index is -3.83. The summed E-state index contributed by atoms with van der Waals surface area (Å²) in [5.74, 6) is 0.865. The monoisotopic (exact) mass is 431 g/mol. The van der Waals surface area contributed by atoms with Crippen LogP contribution in [-0.4, -0.2) is 43.0 Å². The van der Waals surface area contributed by atoms with Gasteiger partial charge in [0.15, 0.2) is 0 Å². The molecule has 0 bridgehead atoms. The number of hydrogen-bond acceptors (Lipinski definition) is 5. The highest BCUT2D eigenvalue weighted by atomic mass is 32.2. The summed E-state index contributed by atoms with van der Waals surface area (Å²) in [7, 11) is -0.760. The van der Waals surface area contributed by atoms with Crippen LogP contribution in [0, 0.1) is 5.82 Å². The lowest BCUT2D eigenvalue weighted by atomic mass is 10.1. The first kappa shape index (κ1) is 20.5. The number of hydrogen-bond donors (Lipinski definition) is 0. The minimum absolute atomic E-state index is 0.0112. The van der Waals surface area contributed by atoms with Gasteiger partial charge in [-0.2, -0.15) is 4.31 Å². The third-order valence-electron chi connectivity index (χ3n) is 5.05. The Labute approximate surface area is 174 Å². The first-order valence-corrected chi connectivity index (χ1v) is 10.9. The van der Waals surface area contributed by atoms with E-state index in [2.05, 4.69) is 4.98 Å². The smallest absolute Gasteiger partial charge is 0.243 e. The number of aromatic nitrogens is 2. The van der Waals surface area contributed by atoms with Gasteiger partial charge < -0.3 is 14.0 Å². The second-order valence-electron chi connectivity index (χ2n) is 7.04. The molecule has 0 aliphatic carbocycles. The van der Waals surface area contributed by atoms with Crippen LogP contribution < -0.4 is 4.74 Å². The van der Waals surface area contributed by atoms with E-state index in [1.165, 1.54) is 23.5 Å². The van der Waals surface area contributed by atoms with Crippen LogP contribution in [0.1, 0.15) is 11.4 Å². The van der Waals surface area contributed by atoms with Crippen molar-refractivity contribution in [3.63, 3.8) is 0 Å². The number of ether oxygens (including phenoxy) is 2. The Hall–Kier alpha value is -2.75. The van der Waals surface area contributed by atoms with Crippen LogP contribution in [0.4, 0.5) is 4.39 Å². The second-order valence-corrected chi connectivity index (χ2v) is 9.08. The number of benzene rings is 2. The van der Waals surface area contributed by atoms with Crippen LogP contribution in [0.5, 0.6) is 5.75 Å². The number of rotatable bonds is 6. The van der Waals surface area contributed by atoms with Crippen LogP contribution in [0.2, 0.25) is 0 Å². The fourth-order valence-electron chi connectivity index (χ4n) is 3.33. The predicted molar refractivity (Wildman–Crippen MR) is 109 cm³/mol. The van der Waals surface area contributed by atoms with Crippen LogP contribution in [0.25, 0.3) is 11.3 Å². The molecular formula is C21H22FN3O4S. The van der Waals surface area contributed by atoms with Crippen LogP contribution in [0.3, 0.4) is 0 Å². The number of fused-ring (bicyclic) bond motifs is 1. The molecule has 2 heterocycles. The Morgan fingerprint density at radius 1 is 1.23 bits per heavy atom. The van der Waals surface area contributed by atoms with Crippen molar-refractivity contribution in [2.45, 2.75) is 24.6 Å². The average Bonchev–Trinajstić information content (AvgIpc) is 3.18. The van der Waals surface area contributed by atoms with Gasteiger partial charge in [-0.25, -0.2) is 17.8 Å². The van der Waals surface area contributed by atoms with Crippen LogP contribution in [0.15, 0.2) is 53.6 Å². The van der Waals surface area contributed by atoms with Gasteiger partial charge in [-0.3, -0.25) is 0 Å². The second kappa shape index (κ2) is 8.17. The molecule has 9 heteroatoms. The van der Waals surface area contributed by atoms with E-state index in [0.717, 1.165) is 11.6 Å². The molecule has 158 valence electrons. The molecule has 0 spiro atoms. The number of sulfonamides is 1. The molecule has 30 heavy (non-hydrogen) atoms. The third kappa shape index (κ3) is 3.96. The Morgan fingerprint density at radius 3 is 2.70 bits per heavy atom. The highest BCUT2D eigenvalue weighted by molar-refractivity contribution is 7.89. The van der Waals surface area contributed by atoms with Crippen molar-refractivity contribution in [1.82, 2.24) is 13.9 Å². The molecule has 3 aromatic rings. The summed E-state index contributed by atoms with van der Waals surface area (Å²) in [6.07, 6.45) is 1.73. The molecule has 1 aliphatic rings. The fourth-order valence-corrected chi connectivity index (χ4v) is 4.52. The van der Waals surface area contributed by atoms with E-state index in [0.29, 0.717) is 37.0 Å². The summed E-state index contributed by atoms with van der Waals surface area (Å²) in [6.45, 7) is 1.72. The zero-order chi connectivity index (χ0) is 21.3. The van der Waals surface area contributed by atoms with Crippen molar-refractivity contribution in [3.05, 3.63) is 65.9 Å². The Morgan fingerprint density at radius 2 is 2.00 bits per heavy atom. The normalized spacial score (nSPS) is 14.0. The number of nitrogens with zero attached hydrogens (tertiary/aromatic N) is 3. The number of halogens is 1. The van der Waals surface area contributed by atoms with E-state index in [9.17, 15) is 12.8 Å². The first-order valence-electron chi connectivity index (χ1n) is 9.41. The van der Waals surface area contributed by atoms with Crippen molar-refractivity contribution in [3.8, 4) is 17.0 Å². The third-order valence-corrected chi connectivity index (χ3v) is 6.85. The van der Waals surface area contributed by atoms with Crippen molar-refractivity contribution < 1.29 is 22.3 Å². The molecule has 0 amide bonds.